The van der Waals surface area contributed by atoms with Gasteiger partial charge >= 0.3 is 0 Å². The number of rotatable bonds is 6. The molecule has 0 saturated carbocycles. The molecule has 0 aromatic heterocycles. The zero-order valence-corrected chi connectivity index (χ0v) is 12.8. The number of unbranched alkanes of at least 4 members (excludes halogenated alkanes) is 1. The normalized spacial score (nSPS) is 18.4. The molecule has 0 bridgehead atoms. The second-order valence-corrected chi connectivity index (χ2v) is 6.39. The molecular formula is C16H24N2S. The Morgan fingerprint density at radius 2 is 2.00 bits per heavy atom. The lowest BCUT2D eigenvalue weighted by Gasteiger charge is -2.08. The second-order valence-electron chi connectivity index (χ2n) is 5.10. The van der Waals surface area contributed by atoms with E-state index in [0.717, 1.165) is 17.4 Å². The Hall–Kier alpha value is -0.960. The average molecular weight is 276 g/mol. The standard InChI is InChI=1S/C16H24N2S/c1-3-5-7-13-8-10-14(11-9-13)18-16-17-12-15(19-16)6-4-2/h8-11,15H,3-7,12H2,1-2H3,(H,17,18). The molecule has 0 spiro atoms. The lowest BCUT2D eigenvalue weighted by molar-refractivity contribution is 0.754. The van der Waals surface area contributed by atoms with Crippen LogP contribution in [-0.2, 0) is 6.42 Å². The molecule has 1 heterocycles. The van der Waals surface area contributed by atoms with Crippen molar-refractivity contribution in [2.45, 2.75) is 51.2 Å². The molecule has 0 aliphatic carbocycles. The minimum absolute atomic E-state index is 0.677. The molecule has 1 N–H and O–H groups in total. The number of anilines is 1. The highest BCUT2D eigenvalue weighted by Gasteiger charge is 2.18. The van der Waals surface area contributed by atoms with E-state index in [1.54, 1.807) is 0 Å². The molecule has 1 aliphatic heterocycles. The molecule has 0 radical (unpaired) electrons. The summed E-state index contributed by atoms with van der Waals surface area (Å²) >= 11 is 1.89. The number of aryl methyl sites for hydroxylation is 1. The second kappa shape index (κ2) is 7.59. The van der Waals surface area contributed by atoms with Gasteiger partial charge in [0.2, 0.25) is 0 Å². The van der Waals surface area contributed by atoms with E-state index in [1.165, 1.54) is 37.7 Å². The van der Waals surface area contributed by atoms with Crippen molar-refractivity contribution in [3.8, 4) is 0 Å². The van der Waals surface area contributed by atoms with E-state index in [1.807, 2.05) is 11.8 Å². The van der Waals surface area contributed by atoms with Crippen molar-refractivity contribution in [3.05, 3.63) is 29.8 Å². The van der Waals surface area contributed by atoms with Crippen molar-refractivity contribution in [3.63, 3.8) is 0 Å². The minimum atomic E-state index is 0.677. The summed E-state index contributed by atoms with van der Waals surface area (Å²) in [6.45, 7) is 5.44. The van der Waals surface area contributed by atoms with Crippen LogP contribution in [0.3, 0.4) is 0 Å². The van der Waals surface area contributed by atoms with Crippen LogP contribution in [-0.4, -0.2) is 17.0 Å². The lowest BCUT2D eigenvalue weighted by Crippen LogP contribution is -2.07. The molecule has 0 fully saturated rings. The lowest BCUT2D eigenvalue weighted by atomic mass is 10.1. The summed E-state index contributed by atoms with van der Waals surface area (Å²) in [4.78, 5) is 4.57. The number of aliphatic imine (C=N–C) groups is 1. The largest absolute Gasteiger partial charge is 0.335 e. The number of amidine groups is 1. The first-order valence-corrected chi connectivity index (χ1v) is 8.26. The molecule has 104 valence electrons. The first-order valence-electron chi connectivity index (χ1n) is 7.39. The van der Waals surface area contributed by atoms with Gasteiger partial charge in [0.25, 0.3) is 0 Å². The fourth-order valence-electron chi connectivity index (χ4n) is 2.22. The summed E-state index contributed by atoms with van der Waals surface area (Å²) in [5, 5.41) is 5.19. The fraction of sp³-hybridized carbons (Fsp3) is 0.562. The third-order valence-corrected chi connectivity index (χ3v) is 4.52. The Kier molecular flexibility index (Phi) is 5.77. The highest BCUT2D eigenvalue weighted by molar-refractivity contribution is 8.15. The Bertz CT molecular complexity index is 411. The summed E-state index contributed by atoms with van der Waals surface area (Å²) in [5.41, 5.74) is 2.58. The van der Waals surface area contributed by atoms with Crippen LogP contribution in [0.4, 0.5) is 5.69 Å². The molecule has 3 heteroatoms. The van der Waals surface area contributed by atoms with Crippen molar-refractivity contribution >= 4 is 22.6 Å². The van der Waals surface area contributed by atoms with E-state index < -0.39 is 0 Å². The highest BCUT2D eigenvalue weighted by atomic mass is 32.2. The van der Waals surface area contributed by atoms with Gasteiger partial charge in [-0.1, -0.05) is 50.6 Å². The van der Waals surface area contributed by atoms with Gasteiger partial charge in [-0.15, -0.1) is 0 Å². The van der Waals surface area contributed by atoms with E-state index in [9.17, 15) is 0 Å². The van der Waals surface area contributed by atoms with E-state index in [0.29, 0.717) is 5.25 Å². The Labute approximate surface area is 121 Å². The van der Waals surface area contributed by atoms with Gasteiger partial charge in [0.05, 0.1) is 6.54 Å². The van der Waals surface area contributed by atoms with E-state index in [4.69, 9.17) is 0 Å². The Morgan fingerprint density at radius 1 is 1.21 bits per heavy atom. The smallest absolute Gasteiger partial charge is 0.161 e. The van der Waals surface area contributed by atoms with E-state index >= 15 is 0 Å². The molecule has 1 atom stereocenters. The topological polar surface area (TPSA) is 24.4 Å². The molecule has 0 amide bonds. The van der Waals surface area contributed by atoms with Crippen molar-refractivity contribution < 1.29 is 0 Å². The van der Waals surface area contributed by atoms with Crippen LogP contribution in [0.2, 0.25) is 0 Å². The predicted molar refractivity (Wildman–Crippen MR) is 87.3 cm³/mol. The fourth-order valence-corrected chi connectivity index (χ4v) is 3.36. The minimum Gasteiger partial charge on any atom is -0.335 e. The van der Waals surface area contributed by atoms with E-state index in [-0.39, 0.29) is 0 Å². The Balaban J connectivity index is 1.83. The van der Waals surface area contributed by atoms with Gasteiger partial charge < -0.3 is 5.32 Å². The van der Waals surface area contributed by atoms with Crippen molar-refractivity contribution in [2.24, 2.45) is 4.99 Å². The molecule has 2 nitrogen and oxygen atoms in total. The maximum atomic E-state index is 4.57. The van der Waals surface area contributed by atoms with Crippen LogP contribution in [0.15, 0.2) is 29.3 Å². The number of thioether (sulfide) groups is 1. The summed E-state index contributed by atoms with van der Waals surface area (Å²) < 4.78 is 0. The Morgan fingerprint density at radius 3 is 2.68 bits per heavy atom. The van der Waals surface area contributed by atoms with Crippen LogP contribution in [0.25, 0.3) is 0 Å². The molecule has 1 aromatic rings. The van der Waals surface area contributed by atoms with Gasteiger partial charge in [-0.05, 0) is 37.0 Å². The zero-order chi connectivity index (χ0) is 13.5. The summed E-state index contributed by atoms with van der Waals surface area (Å²) in [5.74, 6) is 0. The molecule has 0 saturated heterocycles. The van der Waals surface area contributed by atoms with Crippen molar-refractivity contribution in [1.29, 1.82) is 0 Å². The maximum Gasteiger partial charge on any atom is 0.161 e. The van der Waals surface area contributed by atoms with Gasteiger partial charge in [0, 0.05) is 10.9 Å². The van der Waals surface area contributed by atoms with Crippen LogP contribution in [0.5, 0.6) is 0 Å². The number of hydrogen-bond donors (Lipinski definition) is 1. The van der Waals surface area contributed by atoms with Crippen molar-refractivity contribution in [2.75, 3.05) is 11.9 Å². The van der Waals surface area contributed by atoms with E-state index in [2.05, 4.69) is 48.4 Å². The maximum absolute atomic E-state index is 4.57. The van der Waals surface area contributed by atoms with Gasteiger partial charge in [-0.3, -0.25) is 4.99 Å². The zero-order valence-electron chi connectivity index (χ0n) is 12.0. The predicted octanol–water partition coefficient (Wildman–Crippen LogP) is 4.71. The number of hydrogen-bond acceptors (Lipinski definition) is 3. The van der Waals surface area contributed by atoms with Crippen LogP contribution in [0.1, 0.15) is 45.1 Å². The molecule has 1 aliphatic rings. The highest BCUT2D eigenvalue weighted by Crippen LogP contribution is 2.25. The van der Waals surface area contributed by atoms with Gasteiger partial charge in [-0.2, -0.15) is 0 Å². The quantitative estimate of drug-likeness (QED) is 0.813. The van der Waals surface area contributed by atoms with Crippen LogP contribution < -0.4 is 5.32 Å². The number of nitrogens with zero attached hydrogens (tertiary/aromatic N) is 1. The third-order valence-electron chi connectivity index (χ3n) is 3.35. The van der Waals surface area contributed by atoms with Gasteiger partial charge in [0.1, 0.15) is 0 Å². The van der Waals surface area contributed by atoms with Crippen LogP contribution >= 0.6 is 11.8 Å². The monoisotopic (exact) mass is 276 g/mol. The summed E-state index contributed by atoms with van der Waals surface area (Å²) in [6, 6.07) is 8.78. The molecular weight excluding hydrogens is 252 g/mol. The molecule has 1 unspecified atom stereocenters. The number of benzene rings is 1. The van der Waals surface area contributed by atoms with Gasteiger partial charge in [-0.25, -0.2) is 0 Å². The first-order chi connectivity index (χ1) is 9.31. The van der Waals surface area contributed by atoms with Crippen molar-refractivity contribution in [1.82, 2.24) is 0 Å². The molecule has 1 aromatic carbocycles. The molecule has 2 rings (SSSR count). The summed E-state index contributed by atoms with van der Waals surface area (Å²) in [7, 11) is 0. The third kappa shape index (κ3) is 4.57. The number of nitrogens with one attached hydrogen (secondary N) is 1. The molecule has 19 heavy (non-hydrogen) atoms. The first kappa shape index (κ1) is 14.4. The summed E-state index contributed by atoms with van der Waals surface area (Å²) in [6.07, 6.45) is 6.22. The van der Waals surface area contributed by atoms with Gasteiger partial charge in [0.15, 0.2) is 5.17 Å². The SMILES string of the molecule is CCCCc1ccc(NC2=NCC(CCC)S2)cc1. The average Bonchev–Trinajstić information content (AvgIpc) is 2.86. The van der Waals surface area contributed by atoms with Crippen LogP contribution in [0, 0.1) is 0 Å².